The summed E-state index contributed by atoms with van der Waals surface area (Å²) in [5.41, 5.74) is 6.41. The van der Waals surface area contributed by atoms with Gasteiger partial charge < -0.3 is 20.2 Å². The zero-order chi connectivity index (χ0) is 28.3. The number of carbonyl (C=O) groups is 2. The molecule has 7 heteroatoms. The number of hydrogen-bond donors (Lipinski definition) is 3. The Labute approximate surface area is 239 Å². The molecule has 0 spiro atoms. The Morgan fingerprint density at radius 3 is 2.45 bits per heavy atom. The van der Waals surface area contributed by atoms with Crippen molar-refractivity contribution in [2.24, 2.45) is 0 Å². The van der Waals surface area contributed by atoms with Gasteiger partial charge in [0, 0.05) is 18.7 Å². The second-order valence-corrected chi connectivity index (χ2v) is 10.5. The lowest BCUT2D eigenvalue weighted by atomic mass is 9.93. The van der Waals surface area contributed by atoms with Crippen LogP contribution in [-0.2, 0) is 11.3 Å². The summed E-state index contributed by atoms with van der Waals surface area (Å²) in [6, 6.07) is 26.6. The van der Waals surface area contributed by atoms with Crippen LogP contribution in [0.1, 0.15) is 39.2 Å². The number of benzene rings is 3. The van der Waals surface area contributed by atoms with Gasteiger partial charge in [-0.25, -0.2) is 4.79 Å². The third-order valence-electron chi connectivity index (χ3n) is 6.63. The van der Waals surface area contributed by atoms with Gasteiger partial charge in [0.25, 0.3) is 5.91 Å². The molecule has 0 aliphatic rings. The van der Waals surface area contributed by atoms with Crippen molar-refractivity contribution >= 4 is 35.3 Å². The molecule has 40 heavy (non-hydrogen) atoms. The van der Waals surface area contributed by atoms with Gasteiger partial charge in [-0.1, -0.05) is 60.7 Å². The van der Waals surface area contributed by atoms with Gasteiger partial charge in [-0.2, -0.15) is 11.8 Å². The average Bonchev–Trinajstić information content (AvgIpc) is 3.48. The molecule has 3 aromatic carbocycles. The van der Waals surface area contributed by atoms with Crippen molar-refractivity contribution in [1.82, 2.24) is 10.6 Å². The smallest absolute Gasteiger partial charge is 0.326 e. The molecule has 0 saturated heterocycles. The lowest BCUT2D eigenvalue weighted by Gasteiger charge is -2.18. The molecule has 4 aromatic rings. The normalized spacial score (nSPS) is 12.2. The number of amides is 1. The van der Waals surface area contributed by atoms with Gasteiger partial charge in [-0.15, -0.1) is 0 Å². The number of rotatable bonds is 13. The summed E-state index contributed by atoms with van der Waals surface area (Å²) in [5.74, 6) is 0.0119. The van der Waals surface area contributed by atoms with Crippen LogP contribution in [0.3, 0.4) is 0 Å². The Bertz CT molecular complexity index is 1450. The van der Waals surface area contributed by atoms with Crippen molar-refractivity contribution in [3.05, 3.63) is 119 Å². The molecule has 1 heterocycles. The third kappa shape index (κ3) is 7.74. The first kappa shape index (κ1) is 28.9. The average molecular weight is 555 g/mol. The van der Waals surface area contributed by atoms with Gasteiger partial charge in [0.05, 0.1) is 6.26 Å². The number of thioether (sulfide) groups is 1. The maximum atomic E-state index is 13.3. The maximum Gasteiger partial charge on any atom is 0.326 e. The highest BCUT2D eigenvalue weighted by Crippen LogP contribution is 2.28. The first-order chi connectivity index (χ1) is 19.5. The molecule has 0 bridgehead atoms. The number of carbonyl (C=O) groups excluding carboxylic acids is 1. The predicted molar refractivity (Wildman–Crippen MR) is 163 cm³/mol. The van der Waals surface area contributed by atoms with Crippen LogP contribution < -0.4 is 10.6 Å². The van der Waals surface area contributed by atoms with E-state index in [0.717, 1.165) is 39.2 Å². The van der Waals surface area contributed by atoms with Crippen LogP contribution in [0.2, 0.25) is 0 Å². The predicted octanol–water partition coefficient (Wildman–Crippen LogP) is 6.52. The van der Waals surface area contributed by atoms with Gasteiger partial charge in [0.15, 0.2) is 0 Å². The van der Waals surface area contributed by atoms with E-state index < -0.39 is 12.0 Å². The molecule has 1 atom stereocenters. The van der Waals surface area contributed by atoms with Crippen molar-refractivity contribution in [3.8, 4) is 11.1 Å². The summed E-state index contributed by atoms with van der Waals surface area (Å²) >= 11 is 1.55. The monoisotopic (exact) mass is 554 g/mol. The van der Waals surface area contributed by atoms with Crippen molar-refractivity contribution in [3.63, 3.8) is 0 Å². The second kappa shape index (κ2) is 14.4. The Morgan fingerprint density at radius 1 is 0.975 bits per heavy atom. The zero-order valence-corrected chi connectivity index (χ0v) is 23.5. The molecule has 6 nitrogen and oxygen atoms in total. The van der Waals surface area contributed by atoms with E-state index in [4.69, 9.17) is 4.42 Å². The fourth-order valence-corrected chi connectivity index (χ4v) is 4.97. The molecule has 3 N–H and O–H groups in total. The number of carboxylic acids is 1. The number of hydrogen-bond acceptors (Lipinski definition) is 5. The summed E-state index contributed by atoms with van der Waals surface area (Å²) in [5, 5.41) is 15.9. The highest BCUT2D eigenvalue weighted by atomic mass is 32.2. The maximum absolute atomic E-state index is 13.3. The van der Waals surface area contributed by atoms with Gasteiger partial charge in [-0.05, 0) is 89.1 Å². The van der Waals surface area contributed by atoms with Crippen molar-refractivity contribution < 1.29 is 19.1 Å². The first-order valence-electron chi connectivity index (χ1n) is 13.2. The van der Waals surface area contributed by atoms with Crippen LogP contribution in [-0.4, -0.2) is 41.6 Å². The minimum atomic E-state index is -1.03. The van der Waals surface area contributed by atoms with Gasteiger partial charge in [-0.3, -0.25) is 4.79 Å². The fourth-order valence-electron chi connectivity index (χ4n) is 4.50. The topological polar surface area (TPSA) is 91.6 Å². The van der Waals surface area contributed by atoms with Crippen LogP contribution in [0, 0.1) is 6.92 Å². The molecule has 0 radical (unpaired) electrons. The number of furan rings is 1. The van der Waals surface area contributed by atoms with Gasteiger partial charge >= 0.3 is 5.97 Å². The van der Waals surface area contributed by atoms with E-state index in [9.17, 15) is 14.7 Å². The quantitative estimate of drug-likeness (QED) is 0.174. The lowest BCUT2D eigenvalue weighted by molar-refractivity contribution is -0.139. The van der Waals surface area contributed by atoms with Crippen LogP contribution in [0.15, 0.2) is 95.6 Å². The van der Waals surface area contributed by atoms with E-state index in [1.807, 2.05) is 86.0 Å². The molecule has 206 valence electrons. The zero-order valence-electron chi connectivity index (χ0n) is 22.7. The van der Waals surface area contributed by atoms with E-state index in [2.05, 4.69) is 22.8 Å². The van der Waals surface area contributed by atoms with Crippen LogP contribution in [0.4, 0.5) is 0 Å². The van der Waals surface area contributed by atoms with E-state index in [0.29, 0.717) is 30.8 Å². The Balaban J connectivity index is 1.57. The molecule has 1 amide bonds. The number of aliphatic carboxylic acids is 1. The molecular weight excluding hydrogens is 520 g/mol. The van der Waals surface area contributed by atoms with E-state index in [1.165, 1.54) is 0 Å². The first-order valence-corrected chi connectivity index (χ1v) is 14.6. The molecule has 0 saturated carbocycles. The van der Waals surface area contributed by atoms with Crippen LogP contribution in [0.25, 0.3) is 22.8 Å². The van der Waals surface area contributed by atoms with Crippen LogP contribution >= 0.6 is 11.8 Å². The van der Waals surface area contributed by atoms with Gasteiger partial charge in [0.1, 0.15) is 11.8 Å². The number of carboxylic acid groups (broad SMARTS) is 1. The Kier molecular flexibility index (Phi) is 10.4. The second-order valence-electron chi connectivity index (χ2n) is 9.50. The molecule has 1 unspecified atom stereocenters. The van der Waals surface area contributed by atoms with E-state index in [-0.39, 0.29) is 5.91 Å². The van der Waals surface area contributed by atoms with Gasteiger partial charge in [0.2, 0.25) is 0 Å². The third-order valence-corrected chi connectivity index (χ3v) is 7.27. The molecule has 0 fully saturated rings. The van der Waals surface area contributed by atoms with Crippen molar-refractivity contribution in [2.75, 3.05) is 18.6 Å². The van der Waals surface area contributed by atoms with Crippen molar-refractivity contribution in [1.29, 1.82) is 0 Å². The van der Waals surface area contributed by atoms with Crippen molar-refractivity contribution in [2.45, 2.75) is 25.9 Å². The standard InChI is InChI=1S/C33H34N2O4S/c1-23-9-6-7-13-28(23)30-19-24(14-15-29(30)32(36)35-31(33(37)38)16-18-40-2)21-34-22-26(20-27-12-8-17-39-27)25-10-4-3-5-11-25/h3-15,17,19-20,31,34H,16,18,21-22H2,1-2H3,(H,35,36)(H,37,38). The summed E-state index contributed by atoms with van der Waals surface area (Å²) in [6.07, 6.45) is 5.97. The fraction of sp³-hybridized carbons (Fsp3) is 0.212. The number of aryl methyl sites for hydroxylation is 1. The SMILES string of the molecule is CSCCC(NC(=O)c1ccc(CNCC(=Cc2ccco2)c2ccccc2)cc1-c1ccccc1C)C(=O)O. The summed E-state index contributed by atoms with van der Waals surface area (Å²) in [4.78, 5) is 25.1. The Hall–Kier alpha value is -4.07. The van der Waals surface area contributed by atoms with E-state index in [1.54, 1.807) is 24.1 Å². The summed E-state index contributed by atoms with van der Waals surface area (Å²) in [6.45, 7) is 3.20. The molecule has 4 rings (SSSR count). The minimum Gasteiger partial charge on any atom is -0.480 e. The lowest BCUT2D eigenvalue weighted by Crippen LogP contribution is -2.41. The highest BCUT2D eigenvalue weighted by Gasteiger charge is 2.22. The molecule has 0 aliphatic heterocycles. The minimum absolute atomic E-state index is 0.360. The molecular formula is C33H34N2O4S. The van der Waals surface area contributed by atoms with E-state index >= 15 is 0 Å². The highest BCUT2D eigenvalue weighted by molar-refractivity contribution is 7.98. The largest absolute Gasteiger partial charge is 0.480 e. The molecule has 1 aromatic heterocycles. The Morgan fingerprint density at radius 2 is 1.75 bits per heavy atom. The summed E-state index contributed by atoms with van der Waals surface area (Å²) in [7, 11) is 0. The summed E-state index contributed by atoms with van der Waals surface area (Å²) < 4.78 is 5.55. The van der Waals surface area contributed by atoms with Crippen LogP contribution in [0.5, 0.6) is 0 Å². The number of nitrogens with one attached hydrogen (secondary N) is 2. The molecule has 0 aliphatic carbocycles.